The zero-order chi connectivity index (χ0) is 21.3. The lowest BCUT2D eigenvalue weighted by Gasteiger charge is -2.22. The number of nitriles is 1. The number of benzene rings is 2. The second-order valence-electron chi connectivity index (χ2n) is 6.98. The number of ether oxygens (including phenoxy) is 1. The number of hydrogen-bond donors (Lipinski definition) is 1. The van der Waals surface area contributed by atoms with Crippen LogP contribution < -0.4 is 10.1 Å². The Morgan fingerprint density at radius 1 is 1.23 bits per heavy atom. The first kappa shape index (κ1) is 19.6. The van der Waals surface area contributed by atoms with Gasteiger partial charge in [0.25, 0.3) is 5.91 Å². The van der Waals surface area contributed by atoms with E-state index in [2.05, 4.69) is 16.4 Å². The van der Waals surface area contributed by atoms with E-state index in [9.17, 15) is 9.59 Å². The molecule has 0 saturated carbocycles. The zero-order valence-electron chi connectivity index (χ0n) is 16.4. The highest BCUT2D eigenvalue weighted by molar-refractivity contribution is 7.13. The van der Waals surface area contributed by atoms with Crippen LogP contribution in [0.1, 0.15) is 23.7 Å². The van der Waals surface area contributed by atoms with Crippen molar-refractivity contribution < 1.29 is 14.3 Å². The number of methoxy groups -OCH3 is 1. The number of urea groups is 1. The SMILES string of the molecule is COc1ccccc1-c1nc(CN2C(=O)NC(C)(c3cccc(C#N)c3)C2=O)cs1. The van der Waals surface area contributed by atoms with Gasteiger partial charge >= 0.3 is 6.03 Å². The minimum atomic E-state index is -1.23. The molecule has 0 aliphatic carbocycles. The number of aromatic nitrogens is 1. The van der Waals surface area contributed by atoms with Crippen molar-refractivity contribution in [1.82, 2.24) is 15.2 Å². The van der Waals surface area contributed by atoms with Gasteiger partial charge in [-0.25, -0.2) is 9.78 Å². The van der Waals surface area contributed by atoms with Gasteiger partial charge in [0.15, 0.2) is 0 Å². The molecule has 1 fully saturated rings. The molecule has 3 amide bonds. The average molecular weight is 418 g/mol. The lowest BCUT2D eigenvalue weighted by atomic mass is 9.91. The summed E-state index contributed by atoms with van der Waals surface area (Å²) in [5.74, 6) is 0.327. The molecule has 0 spiro atoms. The highest BCUT2D eigenvalue weighted by atomic mass is 32.1. The summed E-state index contributed by atoms with van der Waals surface area (Å²) >= 11 is 1.42. The zero-order valence-corrected chi connectivity index (χ0v) is 17.2. The second-order valence-corrected chi connectivity index (χ2v) is 7.84. The predicted molar refractivity (Wildman–Crippen MR) is 112 cm³/mol. The van der Waals surface area contributed by atoms with E-state index in [-0.39, 0.29) is 12.5 Å². The summed E-state index contributed by atoms with van der Waals surface area (Å²) < 4.78 is 5.39. The van der Waals surface area contributed by atoms with E-state index >= 15 is 0 Å². The molecule has 1 aromatic heterocycles. The normalized spacial score (nSPS) is 18.2. The van der Waals surface area contributed by atoms with Gasteiger partial charge in [-0.05, 0) is 36.8 Å². The van der Waals surface area contributed by atoms with Crippen molar-refractivity contribution >= 4 is 23.3 Å². The smallest absolute Gasteiger partial charge is 0.325 e. The molecule has 1 saturated heterocycles. The lowest BCUT2D eigenvalue weighted by molar-refractivity contribution is -0.131. The van der Waals surface area contributed by atoms with Crippen molar-refractivity contribution in [2.45, 2.75) is 19.0 Å². The van der Waals surface area contributed by atoms with E-state index in [4.69, 9.17) is 10.00 Å². The number of rotatable bonds is 5. The summed E-state index contributed by atoms with van der Waals surface area (Å²) in [5.41, 5.74) is 1.22. The Morgan fingerprint density at radius 3 is 2.80 bits per heavy atom. The lowest BCUT2D eigenvalue weighted by Crippen LogP contribution is -2.40. The maximum absolute atomic E-state index is 13.1. The molecule has 1 unspecified atom stereocenters. The van der Waals surface area contributed by atoms with Gasteiger partial charge in [0.05, 0.1) is 36.5 Å². The van der Waals surface area contributed by atoms with Gasteiger partial charge in [-0.15, -0.1) is 11.3 Å². The number of carbonyl (C=O) groups is 2. The molecule has 2 heterocycles. The highest BCUT2D eigenvalue weighted by Gasteiger charge is 2.49. The molecule has 8 heteroatoms. The van der Waals surface area contributed by atoms with E-state index in [0.29, 0.717) is 22.6 Å². The topological polar surface area (TPSA) is 95.3 Å². The number of carbonyl (C=O) groups excluding carboxylic acids is 2. The van der Waals surface area contributed by atoms with Gasteiger partial charge in [0.2, 0.25) is 0 Å². The maximum Gasteiger partial charge on any atom is 0.325 e. The maximum atomic E-state index is 13.1. The molecule has 0 radical (unpaired) electrons. The van der Waals surface area contributed by atoms with Crippen LogP contribution in [0.5, 0.6) is 5.75 Å². The quantitative estimate of drug-likeness (QED) is 0.638. The summed E-state index contributed by atoms with van der Waals surface area (Å²) in [6.07, 6.45) is 0. The Hall–Kier alpha value is -3.70. The molecule has 150 valence electrons. The molecular weight excluding hydrogens is 400 g/mol. The van der Waals surface area contributed by atoms with Crippen molar-refractivity contribution in [2.24, 2.45) is 0 Å². The molecule has 1 atom stereocenters. The van der Waals surface area contributed by atoms with Crippen LogP contribution in [0.3, 0.4) is 0 Å². The Balaban J connectivity index is 1.59. The number of imide groups is 1. The van der Waals surface area contributed by atoms with Gasteiger partial charge < -0.3 is 10.1 Å². The van der Waals surface area contributed by atoms with Crippen molar-refractivity contribution in [3.05, 3.63) is 70.7 Å². The van der Waals surface area contributed by atoms with Crippen molar-refractivity contribution in [3.63, 3.8) is 0 Å². The summed E-state index contributed by atoms with van der Waals surface area (Å²) in [6, 6.07) is 15.8. The third-order valence-electron chi connectivity index (χ3n) is 5.05. The van der Waals surface area contributed by atoms with E-state index in [0.717, 1.165) is 15.5 Å². The second kappa shape index (κ2) is 7.61. The van der Waals surface area contributed by atoms with Crippen LogP contribution in [0, 0.1) is 11.3 Å². The Labute approximate surface area is 177 Å². The minimum absolute atomic E-state index is 0.0594. The molecule has 4 rings (SSSR count). The molecule has 1 N–H and O–H groups in total. The monoisotopic (exact) mass is 418 g/mol. The fourth-order valence-electron chi connectivity index (χ4n) is 3.42. The number of thiazole rings is 1. The first-order valence-corrected chi connectivity index (χ1v) is 10.1. The summed E-state index contributed by atoms with van der Waals surface area (Å²) in [7, 11) is 1.60. The van der Waals surface area contributed by atoms with Gasteiger partial charge in [-0.2, -0.15) is 5.26 Å². The van der Waals surface area contributed by atoms with Crippen LogP contribution in [0.2, 0.25) is 0 Å². The molecule has 7 nitrogen and oxygen atoms in total. The summed E-state index contributed by atoms with van der Waals surface area (Å²) in [5, 5.41) is 14.5. The third kappa shape index (κ3) is 3.29. The van der Waals surface area contributed by atoms with E-state index in [1.54, 1.807) is 38.3 Å². The number of para-hydroxylation sites is 1. The Kier molecular flexibility index (Phi) is 4.98. The van der Waals surface area contributed by atoms with Crippen molar-refractivity contribution in [1.29, 1.82) is 5.26 Å². The summed E-state index contributed by atoms with van der Waals surface area (Å²) in [6.45, 7) is 1.70. The van der Waals surface area contributed by atoms with Crippen LogP contribution in [0.15, 0.2) is 53.9 Å². The largest absolute Gasteiger partial charge is 0.496 e. The Morgan fingerprint density at radius 2 is 2.03 bits per heavy atom. The van der Waals surface area contributed by atoms with Crippen LogP contribution in [0.25, 0.3) is 10.6 Å². The van der Waals surface area contributed by atoms with Crippen LogP contribution in [-0.2, 0) is 16.9 Å². The van der Waals surface area contributed by atoms with Crippen molar-refractivity contribution in [3.8, 4) is 22.4 Å². The molecule has 1 aliphatic rings. The van der Waals surface area contributed by atoms with E-state index in [1.165, 1.54) is 11.3 Å². The fraction of sp³-hybridized carbons (Fsp3) is 0.182. The number of hydrogen-bond acceptors (Lipinski definition) is 6. The standard InChI is InChI=1S/C22H18N4O3S/c1-22(15-7-5-6-14(10-15)11-23)20(27)26(21(28)25-22)12-16-13-30-19(24-16)17-8-3-4-9-18(17)29-2/h3-10,13H,12H2,1-2H3,(H,25,28). The molecular formula is C22H18N4O3S. The molecule has 1 aliphatic heterocycles. The third-order valence-corrected chi connectivity index (χ3v) is 5.98. The van der Waals surface area contributed by atoms with Gasteiger partial charge in [0, 0.05) is 5.38 Å². The number of amides is 3. The first-order chi connectivity index (χ1) is 14.5. The van der Waals surface area contributed by atoms with Crippen LogP contribution in [-0.4, -0.2) is 28.9 Å². The van der Waals surface area contributed by atoms with Crippen LogP contribution in [0.4, 0.5) is 4.79 Å². The molecule has 2 aromatic carbocycles. The number of nitrogens with one attached hydrogen (secondary N) is 1. The first-order valence-electron chi connectivity index (χ1n) is 9.19. The molecule has 30 heavy (non-hydrogen) atoms. The van der Waals surface area contributed by atoms with Crippen molar-refractivity contribution in [2.75, 3.05) is 7.11 Å². The molecule has 0 bridgehead atoms. The fourth-order valence-corrected chi connectivity index (χ4v) is 4.26. The summed E-state index contributed by atoms with van der Waals surface area (Å²) in [4.78, 5) is 31.5. The van der Waals surface area contributed by atoms with E-state index in [1.807, 2.05) is 29.6 Å². The van der Waals surface area contributed by atoms with Crippen LogP contribution >= 0.6 is 11.3 Å². The van der Waals surface area contributed by atoms with Gasteiger partial charge in [0.1, 0.15) is 16.3 Å². The minimum Gasteiger partial charge on any atom is -0.496 e. The van der Waals surface area contributed by atoms with E-state index < -0.39 is 11.6 Å². The average Bonchev–Trinajstić information content (AvgIpc) is 3.33. The van der Waals surface area contributed by atoms with Gasteiger partial charge in [-0.1, -0.05) is 24.3 Å². The number of nitrogens with zero attached hydrogens (tertiary/aromatic N) is 3. The molecule has 3 aromatic rings. The predicted octanol–water partition coefficient (Wildman–Crippen LogP) is 3.66. The van der Waals surface area contributed by atoms with Gasteiger partial charge in [-0.3, -0.25) is 9.69 Å². The Bertz CT molecular complexity index is 1180. The highest BCUT2D eigenvalue weighted by Crippen LogP contribution is 2.34.